The molecule has 1 unspecified atom stereocenters. The van der Waals surface area contributed by atoms with Crippen molar-refractivity contribution >= 4 is 11.3 Å². The van der Waals surface area contributed by atoms with Crippen molar-refractivity contribution in [1.82, 2.24) is 4.98 Å². The standard InChI is InChI=1S/C14H18N2S/c1-9(2)12-8-17-14(16-12)13(15)11-7-5-4-6-10(11)3/h4-9,13H,15H2,1-3H3. The average Bonchev–Trinajstić information content (AvgIpc) is 2.78. The van der Waals surface area contributed by atoms with Crippen molar-refractivity contribution in [2.45, 2.75) is 32.7 Å². The summed E-state index contributed by atoms with van der Waals surface area (Å²) in [6, 6.07) is 8.13. The highest BCUT2D eigenvalue weighted by Crippen LogP contribution is 2.27. The minimum Gasteiger partial charge on any atom is -0.318 e. The van der Waals surface area contributed by atoms with Crippen LogP contribution in [0.5, 0.6) is 0 Å². The van der Waals surface area contributed by atoms with Crippen LogP contribution in [0.25, 0.3) is 0 Å². The first kappa shape index (κ1) is 12.3. The molecule has 2 N–H and O–H groups in total. The molecule has 1 heterocycles. The zero-order valence-corrected chi connectivity index (χ0v) is 11.3. The largest absolute Gasteiger partial charge is 0.318 e. The molecule has 0 saturated heterocycles. The summed E-state index contributed by atoms with van der Waals surface area (Å²) in [6.45, 7) is 6.39. The lowest BCUT2D eigenvalue weighted by Gasteiger charge is -2.11. The van der Waals surface area contributed by atoms with Crippen LogP contribution >= 0.6 is 11.3 Å². The number of benzene rings is 1. The van der Waals surface area contributed by atoms with E-state index in [1.165, 1.54) is 5.56 Å². The summed E-state index contributed by atoms with van der Waals surface area (Å²) in [5, 5.41) is 3.11. The van der Waals surface area contributed by atoms with Gasteiger partial charge >= 0.3 is 0 Å². The van der Waals surface area contributed by atoms with E-state index < -0.39 is 0 Å². The molecule has 2 nitrogen and oxygen atoms in total. The Labute approximate surface area is 107 Å². The van der Waals surface area contributed by atoms with Crippen LogP contribution in [0.2, 0.25) is 0 Å². The maximum atomic E-state index is 6.28. The van der Waals surface area contributed by atoms with E-state index in [9.17, 15) is 0 Å². The molecule has 0 aliphatic rings. The molecular formula is C14H18N2S. The van der Waals surface area contributed by atoms with Gasteiger partial charge in [0.2, 0.25) is 0 Å². The summed E-state index contributed by atoms with van der Waals surface area (Å²) in [4.78, 5) is 4.62. The van der Waals surface area contributed by atoms with Gasteiger partial charge in [-0.1, -0.05) is 38.1 Å². The average molecular weight is 246 g/mol. The molecule has 0 fully saturated rings. The smallest absolute Gasteiger partial charge is 0.114 e. The molecule has 1 aromatic carbocycles. The Bertz CT molecular complexity index is 502. The van der Waals surface area contributed by atoms with Crippen LogP contribution in [-0.4, -0.2) is 4.98 Å². The zero-order valence-electron chi connectivity index (χ0n) is 10.5. The van der Waals surface area contributed by atoms with Gasteiger partial charge < -0.3 is 5.73 Å². The molecule has 2 aromatic rings. The quantitative estimate of drug-likeness (QED) is 0.898. The number of aryl methyl sites for hydroxylation is 1. The lowest BCUT2D eigenvalue weighted by molar-refractivity contribution is 0.793. The van der Waals surface area contributed by atoms with Crippen molar-refractivity contribution < 1.29 is 0 Å². The van der Waals surface area contributed by atoms with Gasteiger partial charge in [0.1, 0.15) is 5.01 Å². The third kappa shape index (κ3) is 2.56. The summed E-state index contributed by atoms with van der Waals surface area (Å²) in [6.07, 6.45) is 0. The van der Waals surface area contributed by atoms with Crippen LogP contribution in [0, 0.1) is 6.92 Å². The van der Waals surface area contributed by atoms with Gasteiger partial charge in [0.25, 0.3) is 0 Å². The monoisotopic (exact) mass is 246 g/mol. The van der Waals surface area contributed by atoms with Crippen molar-refractivity contribution in [3.05, 3.63) is 51.5 Å². The highest BCUT2D eigenvalue weighted by atomic mass is 32.1. The Balaban J connectivity index is 2.31. The van der Waals surface area contributed by atoms with E-state index in [1.807, 2.05) is 12.1 Å². The molecule has 2 rings (SSSR count). The normalized spacial score (nSPS) is 13.0. The SMILES string of the molecule is Cc1ccccc1C(N)c1nc(C(C)C)cs1. The Kier molecular flexibility index (Phi) is 3.60. The number of hydrogen-bond donors (Lipinski definition) is 1. The number of nitrogens with zero attached hydrogens (tertiary/aromatic N) is 1. The van der Waals surface area contributed by atoms with Gasteiger partial charge in [0.15, 0.2) is 0 Å². The molecule has 0 saturated carbocycles. The van der Waals surface area contributed by atoms with Gasteiger partial charge in [-0.2, -0.15) is 0 Å². The van der Waals surface area contributed by atoms with Crippen LogP contribution in [0.4, 0.5) is 0 Å². The summed E-state index contributed by atoms with van der Waals surface area (Å²) in [5.41, 5.74) is 9.80. The number of aromatic nitrogens is 1. The molecule has 0 amide bonds. The van der Waals surface area contributed by atoms with Gasteiger partial charge in [-0.3, -0.25) is 0 Å². The highest BCUT2D eigenvalue weighted by Gasteiger charge is 2.15. The minimum absolute atomic E-state index is 0.103. The molecule has 0 aliphatic heterocycles. The molecule has 0 aliphatic carbocycles. The number of hydrogen-bond acceptors (Lipinski definition) is 3. The number of thiazole rings is 1. The van der Waals surface area contributed by atoms with E-state index in [1.54, 1.807) is 11.3 Å². The second-order valence-electron chi connectivity index (χ2n) is 4.60. The molecule has 0 radical (unpaired) electrons. The first-order valence-electron chi connectivity index (χ1n) is 5.86. The third-order valence-electron chi connectivity index (χ3n) is 2.92. The predicted octanol–water partition coefficient (Wildman–Crippen LogP) is 3.62. The van der Waals surface area contributed by atoms with Crippen molar-refractivity contribution in [3.63, 3.8) is 0 Å². The van der Waals surface area contributed by atoms with Gasteiger partial charge in [0, 0.05) is 5.38 Å². The Morgan fingerprint density at radius 1 is 1.24 bits per heavy atom. The van der Waals surface area contributed by atoms with E-state index in [-0.39, 0.29) is 6.04 Å². The van der Waals surface area contributed by atoms with Crippen LogP contribution in [-0.2, 0) is 0 Å². The van der Waals surface area contributed by atoms with E-state index in [4.69, 9.17) is 5.73 Å². The zero-order chi connectivity index (χ0) is 12.4. The second kappa shape index (κ2) is 4.98. The molecule has 3 heteroatoms. The Morgan fingerprint density at radius 3 is 2.53 bits per heavy atom. The van der Waals surface area contributed by atoms with Crippen LogP contribution in [0.1, 0.15) is 47.6 Å². The van der Waals surface area contributed by atoms with E-state index in [2.05, 4.69) is 43.3 Å². The molecule has 1 atom stereocenters. The van der Waals surface area contributed by atoms with Crippen LogP contribution < -0.4 is 5.73 Å². The van der Waals surface area contributed by atoms with Crippen molar-refractivity contribution in [2.75, 3.05) is 0 Å². The van der Waals surface area contributed by atoms with E-state index >= 15 is 0 Å². The molecule has 1 aromatic heterocycles. The lowest BCUT2D eigenvalue weighted by Crippen LogP contribution is -2.13. The lowest BCUT2D eigenvalue weighted by atomic mass is 10.0. The molecule has 0 bridgehead atoms. The topological polar surface area (TPSA) is 38.9 Å². The third-order valence-corrected chi connectivity index (χ3v) is 3.87. The van der Waals surface area contributed by atoms with Crippen LogP contribution in [0.15, 0.2) is 29.6 Å². The number of nitrogens with two attached hydrogens (primary N) is 1. The summed E-state index contributed by atoms with van der Waals surface area (Å²) >= 11 is 1.65. The summed E-state index contributed by atoms with van der Waals surface area (Å²) in [7, 11) is 0. The fourth-order valence-electron chi connectivity index (χ4n) is 1.78. The van der Waals surface area contributed by atoms with E-state index in [0.717, 1.165) is 16.3 Å². The number of rotatable bonds is 3. The summed E-state index contributed by atoms with van der Waals surface area (Å²) < 4.78 is 0. The van der Waals surface area contributed by atoms with Crippen molar-refractivity contribution in [1.29, 1.82) is 0 Å². The fourth-order valence-corrected chi connectivity index (χ4v) is 2.78. The maximum Gasteiger partial charge on any atom is 0.114 e. The maximum absolute atomic E-state index is 6.28. The molecule has 17 heavy (non-hydrogen) atoms. The van der Waals surface area contributed by atoms with Gasteiger partial charge in [-0.05, 0) is 24.0 Å². The van der Waals surface area contributed by atoms with Crippen molar-refractivity contribution in [2.24, 2.45) is 5.73 Å². The molecular weight excluding hydrogens is 228 g/mol. The Hall–Kier alpha value is -1.19. The first-order chi connectivity index (χ1) is 8.09. The Morgan fingerprint density at radius 2 is 1.94 bits per heavy atom. The van der Waals surface area contributed by atoms with Crippen LogP contribution in [0.3, 0.4) is 0 Å². The van der Waals surface area contributed by atoms with Crippen molar-refractivity contribution in [3.8, 4) is 0 Å². The van der Waals surface area contributed by atoms with E-state index in [0.29, 0.717) is 5.92 Å². The molecule has 0 spiro atoms. The predicted molar refractivity (Wildman–Crippen MR) is 73.4 cm³/mol. The second-order valence-corrected chi connectivity index (χ2v) is 5.49. The first-order valence-corrected chi connectivity index (χ1v) is 6.74. The van der Waals surface area contributed by atoms with Gasteiger partial charge in [-0.25, -0.2) is 4.98 Å². The fraction of sp³-hybridized carbons (Fsp3) is 0.357. The highest BCUT2D eigenvalue weighted by molar-refractivity contribution is 7.09. The van der Waals surface area contributed by atoms with Gasteiger partial charge in [0.05, 0.1) is 11.7 Å². The minimum atomic E-state index is -0.103. The molecule has 90 valence electrons. The van der Waals surface area contributed by atoms with Gasteiger partial charge in [-0.15, -0.1) is 11.3 Å². The summed E-state index contributed by atoms with van der Waals surface area (Å²) in [5.74, 6) is 0.462.